The average molecular weight is 352 g/mol. The summed E-state index contributed by atoms with van der Waals surface area (Å²) in [5, 5.41) is 7.36. The molecular formula is C22H28N2O2. The second kappa shape index (κ2) is 8.00. The predicted octanol–water partition coefficient (Wildman–Crippen LogP) is 3.97. The van der Waals surface area contributed by atoms with Crippen LogP contribution in [-0.4, -0.2) is 32.8 Å². The van der Waals surface area contributed by atoms with Gasteiger partial charge < -0.3 is 20.1 Å². The van der Waals surface area contributed by atoms with Crippen LogP contribution in [0.25, 0.3) is 0 Å². The Morgan fingerprint density at radius 2 is 2.00 bits per heavy atom. The lowest BCUT2D eigenvalue weighted by Gasteiger charge is -2.22. The third-order valence-corrected chi connectivity index (χ3v) is 5.51. The van der Waals surface area contributed by atoms with Crippen LogP contribution in [0.1, 0.15) is 36.3 Å². The Morgan fingerprint density at radius 3 is 2.92 bits per heavy atom. The van der Waals surface area contributed by atoms with Crippen molar-refractivity contribution in [2.45, 2.75) is 37.6 Å². The van der Waals surface area contributed by atoms with E-state index in [2.05, 4.69) is 47.0 Å². The summed E-state index contributed by atoms with van der Waals surface area (Å²) in [5.41, 5.74) is 4.04. The summed E-state index contributed by atoms with van der Waals surface area (Å²) in [7, 11) is 1.70. The first-order valence-corrected chi connectivity index (χ1v) is 9.71. The molecule has 2 aliphatic heterocycles. The fourth-order valence-electron chi connectivity index (χ4n) is 4.15. The zero-order chi connectivity index (χ0) is 17.8. The molecule has 0 aromatic heterocycles. The van der Waals surface area contributed by atoms with Gasteiger partial charge in [0.25, 0.3) is 0 Å². The first kappa shape index (κ1) is 17.2. The van der Waals surface area contributed by atoms with Gasteiger partial charge in [-0.2, -0.15) is 0 Å². The molecule has 0 saturated carbocycles. The second-order valence-corrected chi connectivity index (χ2v) is 7.23. The van der Waals surface area contributed by atoms with Crippen LogP contribution in [0.3, 0.4) is 0 Å². The molecule has 0 spiro atoms. The predicted molar refractivity (Wildman–Crippen MR) is 106 cm³/mol. The van der Waals surface area contributed by atoms with Gasteiger partial charge in [0.05, 0.1) is 13.7 Å². The van der Waals surface area contributed by atoms with E-state index in [0.29, 0.717) is 12.0 Å². The number of hydrogen-bond donors (Lipinski definition) is 2. The molecule has 4 nitrogen and oxygen atoms in total. The third kappa shape index (κ3) is 3.65. The molecule has 4 heteroatoms. The summed E-state index contributed by atoms with van der Waals surface area (Å²) in [6, 6.07) is 15.5. The van der Waals surface area contributed by atoms with Gasteiger partial charge in [-0.3, -0.25) is 0 Å². The number of para-hydroxylation sites is 1. The minimum atomic E-state index is 0.415. The number of fused-ring (bicyclic) bond motifs is 5. The van der Waals surface area contributed by atoms with Crippen molar-refractivity contribution >= 4 is 5.69 Å². The van der Waals surface area contributed by atoms with E-state index >= 15 is 0 Å². The summed E-state index contributed by atoms with van der Waals surface area (Å²) < 4.78 is 11.5. The topological polar surface area (TPSA) is 42.5 Å². The summed E-state index contributed by atoms with van der Waals surface area (Å²) in [6.07, 6.45) is 4.33. The van der Waals surface area contributed by atoms with Crippen molar-refractivity contribution in [3.05, 3.63) is 53.6 Å². The largest absolute Gasteiger partial charge is 0.493 e. The van der Waals surface area contributed by atoms with E-state index in [1.165, 1.54) is 16.8 Å². The maximum absolute atomic E-state index is 6.01. The van der Waals surface area contributed by atoms with Crippen LogP contribution < -0.4 is 20.1 Å². The highest BCUT2D eigenvalue weighted by Gasteiger charge is 2.31. The molecule has 26 heavy (non-hydrogen) atoms. The maximum Gasteiger partial charge on any atom is 0.161 e. The minimum absolute atomic E-state index is 0.415. The number of ether oxygens (including phenoxy) is 2. The molecule has 2 heterocycles. The van der Waals surface area contributed by atoms with Crippen LogP contribution in [0, 0.1) is 0 Å². The molecule has 0 aliphatic carbocycles. The number of benzene rings is 2. The Morgan fingerprint density at radius 1 is 1.08 bits per heavy atom. The van der Waals surface area contributed by atoms with E-state index in [1.54, 1.807) is 7.11 Å². The number of nitrogens with one attached hydrogen (secondary N) is 2. The fourth-order valence-corrected chi connectivity index (χ4v) is 4.15. The summed E-state index contributed by atoms with van der Waals surface area (Å²) >= 11 is 0. The first-order valence-electron chi connectivity index (χ1n) is 9.71. The standard InChI is InChI=1S/C22H28N2O2/c1-25-21-9-8-16-14-20-18(17-6-2-3-7-19(17)24-20)10-12-23-11-4-5-13-26-22(21)15-16/h2-3,6-9,15,18,20,23-24H,4-5,10-14H2,1H3/t18-,20-/m1/s1. The lowest BCUT2D eigenvalue weighted by molar-refractivity contribution is 0.285. The fraction of sp³-hybridized carbons (Fsp3) is 0.455. The van der Waals surface area contributed by atoms with Crippen molar-refractivity contribution in [3.63, 3.8) is 0 Å². The highest BCUT2D eigenvalue weighted by Crippen LogP contribution is 2.39. The Balaban J connectivity index is 1.62. The highest BCUT2D eigenvalue weighted by atomic mass is 16.5. The van der Waals surface area contributed by atoms with Crippen molar-refractivity contribution in [1.29, 1.82) is 0 Å². The van der Waals surface area contributed by atoms with Gasteiger partial charge in [-0.05, 0) is 68.1 Å². The molecule has 0 unspecified atom stereocenters. The zero-order valence-electron chi connectivity index (χ0n) is 15.5. The molecule has 2 atom stereocenters. The van der Waals surface area contributed by atoms with Crippen molar-refractivity contribution < 1.29 is 9.47 Å². The number of rotatable bonds is 1. The van der Waals surface area contributed by atoms with E-state index < -0.39 is 0 Å². The monoisotopic (exact) mass is 352 g/mol. The van der Waals surface area contributed by atoms with E-state index in [0.717, 1.165) is 56.9 Å². The van der Waals surface area contributed by atoms with Crippen molar-refractivity contribution in [2.75, 3.05) is 32.1 Å². The lowest BCUT2D eigenvalue weighted by Crippen LogP contribution is -2.27. The smallest absolute Gasteiger partial charge is 0.161 e. The number of hydrogen-bond acceptors (Lipinski definition) is 4. The van der Waals surface area contributed by atoms with Gasteiger partial charge in [0, 0.05) is 17.6 Å². The van der Waals surface area contributed by atoms with Crippen LogP contribution in [0.5, 0.6) is 11.5 Å². The first-order chi connectivity index (χ1) is 12.8. The summed E-state index contributed by atoms with van der Waals surface area (Å²) in [4.78, 5) is 0. The molecule has 2 N–H and O–H groups in total. The summed E-state index contributed by atoms with van der Waals surface area (Å²) in [6.45, 7) is 2.84. The molecule has 0 radical (unpaired) electrons. The van der Waals surface area contributed by atoms with Crippen molar-refractivity contribution in [2.24, 2.45) is 0 Å². The maximum atomic E-state index is 6.01. The van der Waals surface area contributed by atoms with E-state index in [1.807, 2.05) is 6.07 Å². The molecule has 2 aromatic carbocycles. The van der Waals surface area contributed by atoms with Gasteiger partial charge in [0.1, 0.15) is 0 Å². The molecule has 0 amide bonds. The van der Waals surface area contributed by atoms with Gasteiger partial charge in [-0.25, -0.2) is 0 Å². The van der Waals surface area contributed by atoms with E-state index in [4.69, 9.17) is 9.47 Å². The summed E-state index contributed by atoms with van der Waals surface area (Å²) in [5.74, 6) is 2.22. The van der Waals surface area contributed by atoms with Gasteiger partial charge in [0.2, 0.25) is 0 Å². The normalized spacial score (nSPS) is 23.0. The van der Waals surface area contributed by atoms with E-state index in [9.17, 15) is 0 Å². The number of anilines is 1. The SMILES string of the molecule is COc1ccc2cc1OCCCCNCC[C@@H]1c3ccccc3N[C@@H]1C2. The molecule has 4 rings (SSSR count). The van der Waals surface area contributed by atoms with Crippen molar-refractivity contribution in [3.8, 4) is 11.5 Å². The Labute approximate surface area is 155 Å². The van der Waals surface area contributed by atoms with E-state index in [-0.39, 0.29) is 0 Å². The van der Waals surface area contributed by atoms with Gasteiger partial charge >= 0.3 is 0 Å². The Kier molecular flexibility index (Phi) is 5.30. The van der Waals surface area contributed by atoms with Gasteiger partial charge in [0.15, 0.2) is 11.5 Å². The van der Waals surface area contributed by atoms with Gasteiger partial charge in [-0.15, -0.1) is 0 Å². The highest BCUT2D eigenvalue weighted by molar-refractivity contribution is 5.59. The molecule has 0 saturated heterocycles. The molecule has 0 fully saturated rings. The van der Waals surface area contributed by atoms with Crippen molar-refractivity contribution in [1.82, 2.24) is 5.32 Å². The van der Waals surface area contributed by atoms with Crippen LogP contribution in [0.4, 0.5) is 5.69 Å². The number of methoxy groups -OCH3 is 1. The molecule has 2 aromatic rings. The quantitative estimate of drug-likeness (QED) is 0.815. The Bertz CT molecular complexity index is 747. The zero-order valence-corrected chi connectivity index (χ0v) is 15.5. The van der Waals surface area contributed by atoms with Crippen LogP contribution in [0.2, 0.25) is 0 Å². The Hall–Kier alpha value is -2.20. The average Bonchev–Trinajstić information content (AvgIpc) is 3.01. The van der Waals surface area contributed by atoms with Crippen LogP contribution in [-0.2, 0) is 6.42 Å². The lowest BCUT2D eigenvalue weighted by atomic mass is 9.88. The molecule has 138 valence electrons. The van der Waals surface area contributed by atoms with Gasteiger partial charge in [-0.1, -0.05) is 24.3 Å². The minimum Gasteiger partial charge on any atom is -0.493 e. The molecular weight excluding hydrogens is 324 g/mol. The van der Waals surface area contributed by atoms with Crippen LogP contribution in [0.15, 0.2) is 42.5 Å². The molecule has 2 aliphatic rings. The molecule has 2 bridgehead atoms. The van der Waals surface area contributed by atoms with Crippen LogP contribution >= 0.6 is 0 Å². The second-order valence-electron chi connectivity index (χ2n) is 7.23. The third-order valence-electron chi connectivity index (χ3n) is 5.51.